The van der Waals surface area contributed by atoms with Gasteiger partial charge in [0.2, 0.25) is 0 Å². The van der Waals surface area contributed by atoms with Crippen LogP contribution in [0, 0.1) is 35.4 Å². The number of hydrogen-bond acceptors (Lipinski definition) is 6. The summed E-state index contributed by atoms with van der Waals surface area (Å²) in [6, 6.07) is 5.90. The number of benzene rings is 1. The van der Waals surface area contributed by atoms with Gasteiger partial charge in [-0.05, 0) is 62.3 Å². The molecule has 1 aliphatic carbocycles. The number of carbonyl (C=O) groups excluding carboxylic acids is 2. The fourth-order valence-electron chi connectivity index (χ4n) is 3.10. The molecule has 0 N–H and O–H groups in total. The Morgan fingerprint density at radius 2 is 1.26 bits per heavy atom. The second-order valence-electron chi connectivity index (χ2n) is 12.4. The van der Waals surface area contributed by atoms with Gasteiger partial charge in [-0.2, -0.15) is 0 Å². The summed E-state index contributed by atoms with van der Waals surface area (Å²) < 4.78 is 33.0. The largest absolute Gasteiger partial charge is 0.495 e. The highest BCUT2D eigenvalue weighted by Gasteiger charge is 2.16. The predicted molar refractivity (Wildman–Crippen MR) is 175 cm³/mol. The van der Waals surface area contributed by atoms with Gasteiger partial charge in [0.1, 0.15) is 11.6 Å². The fourth-order valence-corrected chi connectivity index (χ4v) is 3.10. The predicted octanol–water partition coefficient (Wildman–Crippen LogP) is 9.93. The van der Waals surface area contributed by atoms with E-state index in [2.05, 4.69) is 45.6 Å². The van der Waals surface area contributed by atoms with Crippen LogP contribution in [0.1, 0.15) is 108 Å². The normalized spacial score (nSPS) is 12.8. The third kappa shape index (κ3) is 24.3. The third-order valence-corrected chi connectivity index (χ3v) is 6.30. The number of methoxy groups -OCH3 is 1. The Balaban J connectivity index is 0. The molecule has 0 unspecified atom stereocenters. The Labute approximate surface area is 262 Å². The number of carbonyl (C=O) groups is 2. The molecule has 1 aromatic carbocycles. The summed E-state index contributed by atoms with van der Waals surface area (Å²) in [5.74, 6) is 3.11. The Morgan fingerprint density at radius 1 is 0.767 bits per heavy atom. The van der Waals surface area contributed by atoms with Gasteiger partial charge in [0, 0.05) is 11.8 Å². The van der Waals surface area contributed by atoms with Gasteiger partial charge < -0.3 is 18.9 Å². The number of hydrogen-bond donors (Lipinski definition) is 0. The summed E-state index contributed by atoms with van der Waals surface area (Å²) in [5, 5.41) is 0. The van der Waals surface area contributed by atoms with Gasteiger partial charge in [-0.25, -0.2) is 4.39 Å². The van der Waals surface area contributed by atoms with E-state index in [4.69, 9.17) is 14.2 Å². The number of rotatable bonds is 11. The highest BCUT2D eigenvalue weighted by atomic mass is 19.1. The summed E-state index contributed by atoms with van der Waals surface area (Å²) >= 11 is 0. The standard InChI is InChI=1S/C11H13FO.C11H20O.C9H18O2.C5H10O2/c1-8(2)9(3)13-11-6-4-10(12)5-7-11;1-9(2)10(3)12-11-7-5-4-6-8-11;1-7(2)5-6-11-9(10)8(3)4;1-4(2)5(6)7-3/h4-8H,3H2,1-2H3;9,11H,3-8H2,1-2H3;7-8H,5-6H2,1-4H3;4H,1-3H3. The van der Waals surface area contributed by atoms with Crippen molar-refractivity contribution in [1.29, 1.82) is 0 Å². The molecule has 1 aromatic rings. The van der Waals surface area contributed by atoms with Gasteiger partial charge in [-0.1, -0.05) is 88.8 Å². The number of allylic oxidation sites excluding steroid dienone is 2. The molecule has 7 heteroatoms. The van der Waals surface area contributed by atoms with E-state index < -0.39 is 0 Å². The van der Waals surface area contributed by atoms with Crippen LogP contribution < -0.4 is 4.74 Å². The van der Waals surface area contributed by atoms with E-state index in [1.165, 1.54) is 51.3 Å². The average Bonchev–Trinajstić information content (AvgIpc) is 2.94. The molecule has 0 aromatic heterocycles. The highest BCUT2D eigenvalue weighted by Crippen LogP contribution is 2.24. The van der Waals surface area contributed by atoms with Crippen molar-refractivity contribution < 1.29 is 32.9 Å². The van der Waals surface area contributed by atoms with Crippen LogP contribution >= 0.6 is 0 Å². The van der Waals surface area contributed by atoms with Crippen LogP contribution in [0.4, 0.5) is 4.39 Å². The van der Waals surface area contributed by atoms with E-state index in [9.17, 15) is 14.0 Å². The number of halogens is 1. The molecule has 0 heterocycles. The van der Waals surface area contributed by atoms with Crippen molar-refractivity contribution in [3.63, 3.8) is 0 Å². The van der Waals surface area contributed by atoms with Gasteiger partial charge >= 0.3 is 11.9 Å². The van der Waals surface area contributed by atoms with E-state index in [1.807, 2.05) is 27.7 Å². The lowest BCUT2D eigenvalue weighted by Crippen LogP contribution is -2.17. The van der Waals surface area contributed by atoms with Crippen LogP contribution in [0.15, 0.2) is 48.9 Å². The van der Waals surface area contributed by atoms with Gasteiger partial charge in [-0.15, -0.1) is 0 Å². The molecule has 6 nitrogen and oxygen atoms in total. The molecule has 0 bridgehead atoms. The zero-order valence-electron chi connectivity index (χ0n) is 29.0. The fraction of sp³-hybridized carbons (Fsp3) is 0.667. The molecule has 0 radical (unpaired) electrons. The monoisotopic (exact) mass is 608 g/mol. The summed E-state index contributed by atoms with van der Waals surface area (Å²) in [5.41, 5.74) is 0. The van der Waals surface area contributed by atoms with E-state index in [-0.39, 0.29) is 35.5 Å². The van der Waals surface area contributed by atoms with Gasteiger partial charge in [-0.3, -0.25) is 9.59 Å². The van der Waals surface area contributed by atoms with Gasteiger partial charge in [0.15, 0.2) is 0 Å². The molecule has 43 heavy (non-hydrogen) atoms. The molecule has 0 saturated heterocycles. The van der Waals surface area contributed by atoms with Crippen molar-refractivity contribution in [2.24, 2.45) is 29.6 Å². The summed E-state index contributed by atoms with van der Waals surface area (Å²) in [6.45, 7) is 28.0. The Morgan fingerprint density at radius 3 is 1.63 bits per heavy atom. The lowest BCUT2D eigenvalue weighted by atomic mass is 9.97. The van der Waals surface area contributed by atoms with Crippen molar-refractivity contribution in [3.8, 4) is 5.75 Å². The maximum atomic E-state index is 12.5. The minimum Gasteiger partial charge on any atom is -0.495 e. The van der Waals surface area contributed by atoms with Crippen molar-refractivity contribution in [2.75, 3.05) is 13.7 Å². The minimum atomic E-state index is -0.262. The van der Waals surface area contributed by atoms with Crippen LogP contribution in [0.5, 0.6) is 5.75 Å². The topological polar surface area (TPSA) is 71.1 Å². The molecule has 2 rings (SSSR count). The van der Waals surface area contributed by atoms with E-state index >= 15 is 0 Å². The number of esters is 2. The van der Waals surface area contributed by atoms with Crippen molar-refractivity contribution in [1.82, 2.24) is 0 Å². The summed E-state index contributed by atoms with van der Waals surface area (Å²) in [6.07, 6.45) is 7.92. The maximum absolute atomic E-state index is 12.5. The quantitative estimate of drug-likeness (QED) is 0.184. The zero-order chi connectivity index (χ0) is 33.5. The molecular weight excluding hydrogens is 547 g/mol. The smallest absolute Gasteiger partial charge is 0.308 e. The average molecular weight is 609 g/mol. The van der Waals surface area contributed by atoms with Crippen LogP contribution in [0.3, 0.4) is 0 Å². The third-order valence-electron chi connectivity index (χ3n) is 6.30. The zero-order valence-corrected chi connectivity index (χ0v) is 29.0. The van der Waals surface area contributed by atoms with Gasteiger partial charge in [0.25, 0.3) is 0 Å². The maximum Gasteiger partial charge on any atom is 0.308 e. The van der Waals surface area contributed by atoms with Crippen molar-refractivity contribution in [3.05, 3.63) is 54.8 Å². The van der Waals surface area contributed by atoms with E-state index in [1.54, 1.807) is 26.0 Å². The van der Waals surface area contributed by atoms with E-state index in [0.29, 0.717) is 36.1 Å². The van der Waals surface area contributed by atoms with Crippen LogP contribution in [0.2, 0.25) is 0 Å². The molecule has 1 saturated carbocycles. The molecule has 0 aliphatic heterocycles. The Hall–Kier alpha value is -2.83. The van der Waals surface area contributed by atoms with Crippen LogP contribution in [-0.4, -0.2) is 31.8 Å². The van der Waals surface area contributed by atoms with E-state index in [0.717, 1.165) is 12.2 Å². The van der Waals surface area contributed by atoms with Crippen LogP contribution in [-0.2, 0) is 23.8 Å². The SMILES string of the molecule is C=C(OC1CCCCC1)C(C)C.C=C(Oc1ccc(F)cc1)C(C)C.CC(C)CCOC(=O)C(C)C.COC(=O)C(C)C. The first kappa shape index (κ1) is 42.3. The first-order chi connectivity index (χ1) is 20.0. The summed E-state index contributed by atoms with van der Waals surface area (Å²) in [7, 11) is 1.39. The molecular formula is C36H61FO6. The first-order valence-electron chi connectivity index (χ1n) is 15.7. The molecule has 1 aliphatic rings. The molecule has 1 fully saturated rings. The van der Waals surface area contributed by atoms with Crippen LogP contribution in [0.25, 0.3) is 0 Å². The molecule has 0 amide bonds. The second-order valence-corrected chi connectivity index (χ2v) is 12.4. The molecule has 248 valence electrons. The Bertz CT molecular complexity index is 897. The lowest BCUT2D eigenvalue weighted by molar-refractivity contribution is -0.147. The second kappa shape index (κ2) is 24.6. The highest BCUT2D eigenvalue weighted by molar-refractivity contribution is 5.71. The molecule has 0 spiro atoms. The summed E-state index contributed by atoms with van der Waals surface area (Å²) in [4.78, 5) is 21.2. The molecule has 0 atom stereocenters. The number of ether oxygens (including phenoxy) is 4. The Kier molecular flexibility index (Phi) is 24.2. The lowest BCUT2D eigenvalue weighted by Gasteiger charge is -2.25. The minimum absolute atomic E-state index is 0.00200. The van der Waals surface area contributed by atoms with Gasteiger partial charge in [0.05, 0.1) is 43.2 Å². The first-order valence-corrected chi connectivity index (χ1v) is 15.7. The van der Waals surface area contributed by atoms with Crippen molar-refractivity contribution >= 4 is 11.9 Å². The van der Waals surface area contributed by atoms with Crippen molar-refractivity contribution in [2.45, 2.75) is 114 Å².